The Morgan fingerprint density at radius 3 is 2.50 bits per heavy atom. The number of nitrogens with one attached hydrogen (secondary N) is 1. The Labute approximate surface area is 185 Å². The van der Waals surface area contributed by atoms with Crippen molar-refractivity contribution in [3.8, 4) is 33.9 Å². The number of carbonyl (C=O) groups excluding carboxylic acids is 1. The van der Waals surface area contributed by atoms with Gasteiger partial charge in [-0.2, -0.15) is 0 Å². The van der Waals surface area contributed by atoms with Gasteiger partial charge in [-0.3, -0.25) is 9.59 Å². The van der Waals surface area contributed by atoms with E-state index < -0.39 is 24.3 Å². The monoisotopic (exact) mass is 439 g/mol. The molecule has 4 N–H and O–H groups in total. The van der Waals surface area contributed by atoms with Crippen LogP contribution in [0.3, 0.4) is 0 Å². The number of aromatic nitrogens is 1. The molecule has 0 aliphatic heterocycles. The molecule has 0 spiro atoms. The normalized spacial score (nSPS) is 11.7. The number of methoxy groups -OCH3 is 2. The third-order valence-corrected chi connectivity index (χ3v) is 5.17. The van der Waals surface area contributed by atoms with Gasteiger partial charge in [0.15, 0.2) is 5.76 Å². The van der Waals surface area contributed by atoms with Crippen LogP contribution in [-0.4, -0.2) is 42.4 Å². The Morgan fingerprint density at radius 1 is 1.12 bits per heavy atom. The number of carboxylic acids is 1. The van der Waals surface area contributed by atoms with Gasteiger partial charge in [0.05, 0.1) is 38.6 Å². The Bertz CT molecular complexity index is 1150. The van der Waals surface area contributed by atoms with E-state index in [9.17, 15) is 9.59 Å². The van der Waals surface area contributed by atoms with Crippen molar-refractivity contribution < 1.29 is 28.7 Å². The van der Waals surface area contributed by atoms with Crippen molar-refractivity contribution in [2.24, 2.45) is 5.73 Å². The molecule has 168 valence electrons. The number of aliphatic carboxylic acids is 1. The zero-order chi connectivity index (χ0) is 23.4. The van der Waals surface area contributed by atoms with Crippen molar-refractivity contribution in [3.63, 3.8) is 0 Å². The number of carbonyl (C=O) groups is 2. The van der Waals surface area contributed by atoms with Crippen LogP contribution >= 0.6 is 0 Å². The van der Waals surface area contributed by atoms with Gasteiger partial charge in [-0.15, -0.1) is 0 Å². The molecule has 0 bridgehead atoms. The molecule has 1 unspecified atom stereocenters. The zero-order valence-corrected chi connectivity index (χ0v) is 18.3. The first-order valence-corrected chi connectivity index (χ1v) is 9.82. The van der Waals surface area contributed by atoms with Crippen LogP contribution in [-0.2, 0) is 9.59 Å². The number of rotatable bonds is 8. The zero-order valence-electron chi connectivity index (χ0n) is 18.3. The molecular weight excluding hydrogens is 414 g/mol. The van der Waals surface area contributed by atoms with Crippen LogP contribution in [0.5, 0.6) is 11.5 Å². The molecule has 0 saturated heterocycles. The molecule has 9 heteroatoms. The fourth-order valence-corrected chi connectivity index (χ4v) is 3.30. The highest BCUT2D eigenvalue weighted by atomic mass is 16.5. The fourth-order valence-electron chi connectivity index (χ4n) is 3.30. The number of nitrogens with two attached hydrogens (primary N) is 1. The van der Waals surface area contributed by atoms with Gasteiger partial charge in [-0.25, -0.2) is 0 Å². The number of anilines is 1. The second kappa shape index (κ2) is 9.52. The Balaban J connectivity index is 2.00. The Morgan fingerprint density at radius 2 is 1.84 bits per heavy atom. The molecule has 1 heterocycles. The van der Waals surface area contributed by atoms with Crippen molar-refractivity contribution in [2.45, 2.75) is 26.3 Å². The first kappa shape index (κ1) is 22.8. The van der Waals surface area contributed by atoms with Crippen molar-refractivity contribution in [1.82, 2.24) is 5.16 Å². The fraction of sp³-hybridized carbons (Fsp3) is 0.261. The lowest BCUT2D eigenvalue weighted by Crippen LogP contribution is -2.37. The molecule has 9 nitrogen and oxygen atoms in total. The minimum atomic E-state index is -1.20. The summed E-state index contributed by atoms with van der Waals surface area (Å²) in [5.41, 5.74) is 10.3. The van der Waals surface area contributed by atoms with Crippen LogP contribution in [0.4, 0.5) is 5.69 Å². The van der Waals surface area contributed by atoms with E-state index in [0.717, 1.165) is 22.4 Å². The summed E-state index contributed by atoms with van der Waals surface area (Å²) in [5, 5.41) is 15.5. The van der Waals surface area contributed by atoms with Crippen molar-refractivity contribution in [2.75, 3.05) is 19.5 Å². The molecule has 2 aromatic carbocycles. The van der Waals surface area contributed by atoms with E-state index in [1.54, 1.807) is 31.5 Å². The Kier molecular flexibility index (Phi) is 6.79. The van der Waals surface area contributed by atoms with E-state index in [2.05, 4.69) is 10.5 Å². The van der Waals surface area contributed by atoms with Crippen LogP contribution in [0.1, 0.15) is 17.5 Å². The van der Waals surface area contributed by atoms with E-state index in [4.69, 9.17) is 24.8 Å². The summed E-state index contributed by atoms with van der Waals surface area (Å²) in [4.78, 5) is 23.2. The van der Waals surface area contributed by atoms with Gasteiger partial charge in [0, 0.05) is 11.1 Å². The maximum absolute atomic E-state index is 12.3. The average Bonchev–Trinajstić information content (AvgIpc) is 3.25. The molecule has 3 aromatic rings. The lowest BCUT2D eigenvalue weighted by molar-refractivity contribution is -0.138. The van der Waals surface area contributed by atoms with Crippen molar-refractivity contribution in [1.29, 1.82) is 0 Å². The molecule has 3 rings (SSSR count). The van der Waals surface area contributed by atoms with Crippen LogP contribution in [0.2, 0.25) is 0 Å². The number of benzene rings is 2. The summed E-state index contributed by atoms with van der Waals surface area (Å²) in [7, 11) is 3.08. The number of ether oxygens (including phenoxy) is 2. The van der Waals surface area contributed by atoms with E-state index in [1.807, 2.05) is 26.0 Å². The number of nitrogens with zero attached hydrogens (tertiary/aromatic N) is 1. The molecule has 1 aromatic heterocycles. The van der Waals surface area contributed by atoms with Gasteiger partial charge < -0.3 is 30.2 Å². The lowest BCUT2D eigenvalue weighted by atomic mass is 9.98. The second-order valence-electron chi connectivity index (χ2n) is 7.30. The lowest BCUT2D eigenvalue weighted by Gasteiger charge is -2.15. The van der Waals surface area contributed by atoms with Crippen LogP contribution < -0.4 is 20.5 Å². The number of amides is 1. The second-order valence-corrected chi connectivity index (χ2v) is 7.30. The minimum absolute atomic E-state index is 0.348. The van der Waals surface area contributed by atoms with Crippen LogP contribution in [0.25, 0.3) is 22.5 Å². The summed E-state index contributed by atoms with van der Waals surface area (Å²) in [6.07, 6.45) is 1.10. The quantitative estimate of drug-likeness (QED) is 0.486. The molecule has 0 aliphatic rings. The highest BCUT2D eigenvalue weighted by molar-refractivity contribution is 5.98. The molecule has 0 radical (unpaired) electrons. The van der Waals surface area contributed by atoms with E-state index in [-0.39, 0.29) is 0 Å². The number of carboxylic acid groups (broad SMARTS) is 1. The molecular formula is C23H25N3O6. The van der Waals surface area contributed by atoms with Crippen molar-refractivity contribution in [3.05, 3.63) is 47.7 Å². The average molecular weight is 439 g/mol. The third kappa shape index (κ3) is 4.73. The maximum atomic E-state index is 12.3. The number of hydrogen-bond donors (Lipinski definition) is 3. The highest BCUT2D eigenvalue weighted by Gasteiger charge is 2.21. The molecule has 1 amide bonds. The van der Waals surface area contributed by atoms with E-state index >= 15 is 0 Å². The predicted molar refractivity (Wildman–Crippen MR) is 119 cm³/mol. The topological polar surface area (TPSA) is 137 Å². The van der Waals surface area contributed by atoms with Crippen molar-refractivity contribution >= 4 is 17.6 Å². The Hall–Kier alpha value is -3.85. The summed E-state index contributed by atoms with van der Waals surface area (Å²) in [6.45, 7) is 3.96. The summed E-state index contributed by atoms with van der Waals surface area (Å²) < 4.78 is 16.3. The third-order valence-electron chi connectivity index (χ3n) is 5.17. The summed E-state index contributed by atoms with van der Waals surface area (Å²) in [6, 6.07) is 7.85. The predicted octanol–water partition coefficient (Wildman–Crippen LogP) is 3.38. The minimum Gasteiger partial charge on any atom is -0.496 e. The van der Waals surface area contributed by atoms with Gasteiger partial charge in [0.25, 0.3) is 0 Å². The highest BCUT2D eigenvalue weighted by Crippen LogP contribution is 2.38. The summed E-state index contributed by atoms with van der Waals surface area (Å²) >= 11 is 0. The summed E-state index contributed by atoms with van der Waals surface area (Å²) in [5.74, 6) is -0.122. The molecule has 0 fully saturated rings. The molecule has 32 heavy (non-hydrogen) atoms. The van der Waals surface area contributed by atoms with Crippen LogP contribution in [0.15, 0.2) is 41.1 Å². The number of hydrogen-bond acceptors (Lipinski definition) is 7. The van der Waals surface area contributed by atoms with Gasteiger partial charge in [-0.05, 0) is 54.8 Å². The number of aryl methyl sites for hydroxylation is 1. The molecule has 0 saturated carbocycles. The largest absolute Gasteiger partial charge is 0.496 e. The van der Waals surface area contributed by atoms with Gasteiger partial charge >= 0.3 is 5.97 Å². The molecule has 1 atom stereocenters. The standard InChI is InChI=1S/C23H25N3O6/c1-12-7-15(9-20(31-4)13(12)2)22-16(11-25-32-22)14-5-6-19(30-3)18(8-14)26-23(29)17(24)10-21(27)28/h5-9,11,17H,10,24H2,1-4H3,(H,26,29)(H,27,28). The van der Waals surface area contributed by atoms with E-state index in [1.165, 1.54) is 7.11 Å². The smallest absolute Gasteiger partial charge is 0.305 e. The van der Waals surface area contributed by atoms with Gasteiger partial charge in [-0.1, -0.05) is 11.2 Å². The first-order chi connectivity index (χ1) is 15.2. The van der Waals surface area contributed by atoms with E-state index in [0.29, 0.717) is 28.3 Å². The first-order valence-electron chi connectivity index (χ1n) is 9.82. The molecule has 0 aliphatic carbocycles. The maximum Gasteiger partial charge on any atom is 0.305 e. The SMILES string of the molecule is COc1ccc(-c2cnoc2-c2cc(C)c(C)c(OC)c2)cc1NC(=O)C(N)CC(=O)O. The van der Waals surface area contributed by atoms with Crippen LogP contribution in [0, 0.1) is 13.8 Å². The van der Waals surface area contributed by atoms with Gasteiger partial charge in [0.1, 0.15) is 11.5 Å². The van der Waals surface area contributed by atoms with Gasteiger partial charge in [0.2, 0.25) is 5.91 Å².